The lowest BCUT2D eigenvalue weighted by molar-refractivity contribution is 0.0649. The van der Waals surface area contributed by atoms with Crippen LogP contribution >= 0.6 is 11.3 Å². The Labute approximate surface area is 140 Å². The highest BCUT2D eigenvalue weighted by Gasteiger charge is 2.30. The minimum atomic E-state index is 0.0807. The van der Waals surface area contributed by atoms with E-state index in [9.17, 15) is 4.79 Å². The summed E-state index contributed by atoms with van der Waals surface area (Å²) in [6, 6.07) is 2.03. The van der Waals surface area contributed by atoms with E-state index in [-0.39, 0.29) is 11.9 Å². The van der Waals surface area contributed by atoms with Crippen molar-refractivity contribution in [3.8, 4) is 0 Å². The number of rotatable bonds is 5. The van der Waals surface area contributed by atoms with Gasteiger partial charge in [-0.2, -0.15) is 5.10 Å². The number of anilines is 1. The van der Waals surface area contributed by atoms with Crippen LogP contribution in [0.2, 0.25) is 0 Å². The number of hydrogen-bond acceptors (Lipinski definition) is 5. The highest BCUT2D eigenvalue weighted by Crippen LogP contribution is 2.30. The largest absolute Gasteiger partial charge is 0.375 e. The number of carbonyl (C=O) groups excluding carboxylic acids is 1. The Bertz CT molecular complexity index is 692. The van der Waals surface area contributed by atoms with Crippen molar-refractivity contribution in [3.63, 3.8) is 0 Å². The first kappa shape index (κ1) is 16.0. The van der Waals surface area contributed by atoms with Crippen molar-refractivity contribution < 1.29 is 4.79 Å². The average Bonchev–Trinajstić information content (AvgIpc) is 3.16. The first-order valence-electron chi connectivity index (χ1n) is 8.20. The smallest absolute Gasteiger partial charge is 0.272 e. The molecule has 0 saturated carbocycles. The van der Waals surface area contributed by atoms with Crippen molar-refractivity contribution in [1.82, 2.24) is 19.7 Å². The van der Waals surface area contributed by atoms with Crippen molar-refractivity contribution in [2.24, 2.45) is 0 Å². The highest BCUT2D eigenvalue weighted by atomic mass is 32.1. The summed E-state index contributed by atoms with van der Waals surface area (Å²) in [5.74, 6) is 0.0807. The predicted molar refractivity (Wildman–Crippen MR) is 91.6 cm³/mol. The molecule has 1 aliphatic rings. The molecule has 3 rings (SSSR count). The van der Waals surface area contributed by atoms with Gasteiger partial charge in [-0.25, -0.2) is 4.98 Å². The van der Waals surface area contributed by atoms with E-state index in [0.717, 1.165) is 37.9 Å². The fourth-order valence-electron chi connectivity index (χ4n) is 3.25. The zero-order chi connectivity index (χ0) is 16.4. The summed E-state index contributed by atoms with van der Waals surface area (Å²) in [6.45, 7) is 5.58. The Morgan fingerprint density at radius 2 is 2.35 bits per heavy atom. The second-order valence-corrected chi connectivity index (χ2v) is 6.96. The van der Waals surface area contributed by atoms with Gasteiger partial charge in [-0.05, 0) is 32.3 Å². The number of nitrogen functional groups attached to an aromatic ring is 1. The number of nitrogens with two attached hydrogens (primary N) is 1. The Morgan fingerprint density at radius 3 is 3.09 bits per heavy atom. The number of nitrogens with zero attached hydrogens (tertiary/aromatic N) is 4. The first-order valence-corrected chi connectivity index (χ1v) is 9.02. The zero-order valence-corrected chi connectivity index (χ0v) is 14.5. The van der Waals surface area contributed by atoms with Crippen molar-refractivity contribution in [2.75, 3.05) is 12.3 Å². The topological polar surface area (TPSA) is 77.0 Å². The maximum Gasteiger partial charge on any atom is 0.272 e. The third kappa shape index (κ3) is 3.10. The second kappa shape index (κ2) is 6.70. The predicted octanol–water partition coefficient (Wildman–Crippen LogP) is 2.35. The number of hydrogen-bond donors (Lipinski definition) is 1. The molecule has 1 atom stereocenters. The van der Waals surface area contributed by atoms with Gasteiger partial charge in [-0.15, -0.1) is 11.3 Å². The van der Waals surface area contributed by atoms with Crippen LogP contribution in [0.5, 0.6) is 0 Å². The highest BCUT2D eigenvalue weighted by molar-refractivity contribution is 7.15. The number of thiazole rings is 1. The van der Waals surface area contributed by atoms with E-state index in [4.69, 9.17) is 5.73 Å². The summed E-state index contributed by atoms with van der Waals surface area (Å²) in [5, 5.41) is 4.86. The zero-order valence-electron chi connectivity index (χ0n) is 13.7. The van der Waals surface area contributed by atoms with E-state index >= 15 is 0 Å². The van der Waals surface area contributed by atoms with Crippen molar-refractivity contribution in [1.29, 1.82) is 0 Å². The molecule has 1 aliphatic carbocycles. The molecule has 2 aromatic heterocycles. The van der Waals surface area contributed by atoms with Gasteiger partial charge in [0.15, 0.2) is 5.13 Å². The summed E-state index contributed by atoms with van der Waals surface area (Å²) in [4.78, 5) is 20.7. The Morgan fingerprint density at radius 1 is 1.52 bits per heavy atom. The van der Waals surface area contributed by atoms with Crippen molar-refractivity contribution in [2.45, 2.75) is 52.1 Å². The minimum Gasteiger partial charge on any atom is -0.375 e. The molecule has 2 heterocycles. The standard InChI is InChI=1S/C16H23N5OS/c1-3-9-20(15(22)13-7-8-18-21(13)4-2)11-5-6-12-14(10-11)23-16(17)19-12/h7-8,11H,3-6,9-10H2,1-2H3,(H2,17,19)/t11-/m0/s1. The molecule has 124 valence electrons. The van der Waals surface area contributed by atoms with Crippen LogP contribution in [0.15, 0.2) is 12.3 Å². The number of aromatic nitrogens is 3. The van der Waals surface area contributed by atoms with Gasteiger partial charge in [0.1, 0.15) is 5.69 Å². The van der Waals surface area contributed by atoms with Crippen LogP contribution in [0.1, 0.15) is 47.7 Å². The second-order valence-electron chi connectivity index (χ2n) is 5.85. The van der Waals surface area contributed by atoms with Crippen LogP contribution in [0.3, 0.4) is 0 Å². The molecule has 1 amide bonds. The quantitative estimate of drug-likeness (QED) is 0.911. The molecule has 0 aromatic carbocycles. The van der Waals surface area contributed by atoms with E-state index < -0.39 is 0 Å². The molecule has 0 aliphatic heterocycles. The lowest BCUT2D eigenvalue weighted by Gasteiger charge is -2.33. The Balaban J connectivity index is 1.83. The van der Waals surface area contributed by atoms with Gasteiger partial charge in [0.2, 0.25) is 0 Å². The maximum atomic E-state index is 13.0. The number of fused-ring (bicyclic) bond motifs is 1. The van der Waals surface area contributed by atoms with Crippen LogP contribution in [-0.4, -0.2) is 38.2 Å². The third-order valence-corrected chi connectivity index (χ3v) is 5.28. The fourth-order valence-corrected chi connectivity index (χ4v) is 4.20. The van der Waals surface area contributed by atoms with Crippen LogP contribution in [0, 0.1) is 0 Å². The van der Waals surface area contributed by atoms with Crippen LogP contribution < -0.4 is 5.73 Å². The average molecular weight is 333 g/mol. The molecule has 0 fully saturated rings. The Hall–Kier alpha value is -1.89. The molecule has 2 aromatic rings. The lowest BCUT2D eigenvalue weighted by Crippen LogP contribution is -2.44. The summed E-state index contributed by atoms with van der Waals surface area (Å²) in [6.07, 6.45) is 5.34. The van der Waals surface area contributed by atoms with E-state index in [0.29, 0.717) is 17.4 Å². The fraction of sp³-hybridized carbons (Fsp3) is 0.562. The normalized spacial score (nSPS) is 17.0. The molecule has 0 saturated heterocycles. The van der Waals surface area contributed by atoms with Crippen molar-refractivity contribution in [3.05, 3.63) is 28.5 Å². The maximum absolute atomic E-state index is 13.0. The summed E-state index contributed by atoms with van der Waals surface area (Å²) in [7, 11) is 0. The van der Waals surface area contributed by atoms with Gasteiger partial charge in [0.05, 0.1) is 5.69 Å². The molecule has 0 radical (unpaired) electrons. The van der Waals surface area contributed by atoms with E-state index in [2.05, 4.69) is 17.0 Å². The van der Waals surface area contributed by atoms with Gasteiger partial charge >= 0.3 is 0 Å². The molecule has 0 unspecified atom stereocenters. The lowest BCUT2D eigenvalue weighted by atomic mass is 9.95. The summed E-state index contributed by atoms with van der Waals surface area (Å²) >= 11 is 1.56. The molecule has 23 heavy (non-hydrogen) atoms. The molecular weight excluding hydrogens is 310 g/mol. The molecule has 6 nitrogen and oxygen atoms in total. The number of aryl methyl sites for hydroxylation is 2. The molecule has 7 heteroatoms. The van der Waals surface area contributed by atoms with Crippen LogP contribution in [0.4, 0.5) is 5.13 Å². The Kier molecular flexibility index (Phi) is 4.66. The summed E-state index contributed by atoms with van der Waals surface area (Å²) < 4.78 is 1.77. The minimum absolute atomic E-state index is 0.0807. The van der Waals surface area contributed by atoms with Gasteiger partial charge in [-0.1, -0.05) is 6.92 Å². The van der Waals surface area contributed by atoms with E-state index in [1.54, 1.807) is 22.2 Å². The van der Waals surface area contributed by atoms with Gasteiger partial charge in [0, 0.05) is 36.6 Å². The summed E-state index contributed by atoms with van der Waals surface area (Å²) in [5.41, 5.74) is 7.62. The van der Waals surface area contributed by atoms with Crippen LogP contribution in [0.25, 0.3) is 0 Å². The molecule has 0 bridgehead atoms. The monoisotopic (exact) mass is 333 g/mol. The van der Waals surface area contributed by atoms with Crippen LogP contribution in [-0.2, 0) is 19.4 Å². The van der Waals surface area contributed by atoms with Crippen molar-refractivity contribution >= 4 is 22.4 Å². The van der Waals surface area contributed by atoms with Gasteiger partial charge < -0.3 is 10.6 Å². The SMILES string of the molecule is CCCN(C(=O)c1ccnn1CC)[C@H]1CCc2nc(N)sc2C1. The third-order valence-electron chi connectivity index (χ3n) is 4.33. The molecular formula is C16H23N5OS. The molecule has 2 N–H and O–H groups in total. The molecule has 0 spiro atoms. The van der Waals surface area contributed by atoms with E-state index in [1.165, 1.54) is 4.88 Å². The van der Waals surface area contributed by atoms with Gasteiger partial charge in [-0.3, -0.25) is 9.48 Å². The number of amides is 1. The van der Waals surface area contributed by atoms with E-state index in [1.807, 2.05) is 17.9 Å². The first-order chi connectivity index (χ1) is 11.1. The van der Waals surface area contributed by atoms with Gasteiger partial charge in [0.25, 0.3) is 5.91 Å². The number of carbonyl (C=O) groups is 1.